The molecule has 1 aliphatic rings. The lowest BCUT2D eigenvalue weighted by Crippen LogP contribution is -2.36. The maximum Gasteiger partial charge on any atom is 0.253 e. The summed E-state index contributed by atoms with van der Waals surface area (Å²) in [7, 11) is 3.45. The fourth-order valence-corrected chi connectivity index (χ4v) is 3.56. The Bertz CT molecular complexity index is 1180. The van der Waals surface area contributed by atoms with E-state index >= 15 is 0 Å². The van der Waals surface area contributed by atoms with Gasteiger partial charge in [-0.2, -0.15) is 0 Å². The minimum Gasteiger partial charge on any atom is -0.489 e. The second-order valence-electron chi connectivity index (χ2n) is 7.33. The first-order valence-corrected chi connectivity index (χ1v) is 9.88. The van der Waals surface area contributed by atoms with Crippen molar-refractivity contribution < 1.29 is 14.3 Å². The van der Waals surface area contributed by atoms with Crippen LogP contribution in [0.15, 0.2) is 55.4 Å². The second kappa shape index (κ2) is 8.43. The molecule has 0 aliphatic carbocycles. The lowest BCUT2D eigenvalue weighted by atomic mass is 10.1. The van der Waals surface area contributed by atoms with Crippen LogP contribution < -0.4 is 15.0 Å². The molecule has 4 rings (SSSR count). The van der Waals surface area contributed by atoms with Gasteiger partial charge in [0.15, 0.2) is 5.75 Å². The van der Waals surface area contributed by atoms with Crippen molar-refractivity contribution in [3.63, 3.8) is 0 Å². The van der Waals surface area contributed by atoms with Gasteiger partial charge in [-0.3, -0.25) is 9.59 Å². The normalized spacial score (nSPS) is 12.6. The summed E-state index contributed by atoms with van der Waals surface area (Å²) in [5.74, 6) is 0.930. The van der Waals surface area contributed by atoms with E-state index in [0.717, 1.165) is 5.56 Å². The standard InChI is InChI=1S/C23H23N5O3/c1-4-19(29)28-10-11-31-21-18(28)9-8-17-20(21)22(26-14-25-17)24-13-15-6-5-7-16(12-15)23(30)27(2)3/h4-9,12,14H,1,10-11,13H2,2-3H3,(H,24,25,26). The van der Waals surface area contributed by atoms with Crippen molar-refractivity contribution in [1.82, 2.24) is 14.9 Å². The fourth-order valence-electron chi connectivity index (χ4n) is 3.56. The minimum absolute atomic E-state index is 0.0521. The van der Waals surface area contributed by atoms with Gasteiger partial charge in [0, 0.05) is 26.2 Å². The molecule has 0 radical (unpaired) electrons. The summed E-state index contributed by atoms with van der Waals surface area (Å²) < 4.78 is 5.93. The topological polar surface area (TPSA) is 87.7 Å². The van der Waals surface area contributed by atoms with Gasteiger partial charge in [-0.15, -0.1) is 0 Å². The smallest absolute Gasteiger partial charge is 0.253 e. The van der Waals surface area contributed by atoms with Crippen molar-refractivity contribution >= 4 is 34.2 Å². The third-order valence-electron chi connectivity index (χ3n) is 5.07. The van der Waals surface area contributed by atoms with Crippen molar-refractivity contribution in [2.45, 2.75) is 6.54 Å². The molecule has 1 N–H and O–H groups in total. The van der Waals surface area contributed by atoms with Crippen LogP contribution in [0.1, 0.15) is 15.9 Å². The Morgan fingerprint density at radius 2 is 2.10 bits per heavy atom. The molecule has 2 aromatic carbocycles. The number of hydrogen-bond donors (Lipinski definition) is 1. The van der Waals surface area contributed by atoms with E-state index in [0.29, 0.717) is 53.4 Å². The van der Waals surface area contributed by atoms with Crippen molar-refractivity contribution in [3.05, 3.63) is 66.5 Å². The SMILES string of the molecule is C=CC(=O)N1CCOc2c1ccc1ncnc(NCc3cccc(C(=O)N(C)C)c3)c21. The number of nitrogens with zero attached hydrogens (tertiary/aromatic N) is 4. The Hall–Kier alpha value is -3.94. The highest BCUT2D eigenvalue weighted by Gasteiger charge is 2.25. The molecule has 0 bridgehead atoms. The van der Waals surface area contributed by atoms with Crippen LogP contribution in [0.4, 0.5) is 11.5 Å². The summed E-state index contributed by atoms with van der Waals surface area (Å²) in [6.45, 7) is 4.86. The zero-order chi connectivity index (χ0) is 22.0. The van der Waals surface area contributed by atoms with Crippen molar-refractivity contribution in [1.29, 1.82) is 0 Å². The van der Waals surface area contributed by atoms with Gasteiger partial charge in [0.2, 0.25) is 0 Å². The predicted octanol–water partition coefficient (Wildman–Crippen LogP) is 2.86. The van der Waals surface area contributed by atoms with E-state index < -0.39 is 0 Å². The molecule has 31 heavy (non-hydrogen) atoms. The monoisotopic (exact) mass is 417 g/mol. The van der Waals surface area contributed by atoms with Gasteiger partial charge in [-0.1, -0.05) is 18.7 Å². The van der Waals surface area contributed by atoms with Gasteiger partial charge in [-0.05, 0) is 35.9 Å². The molecule has 8 nitrogen and oxygen atoms in total. The summed E-state index contributed by atoms with van der Waals surface area (Å²) in [6, 6.07) is 11.1. The van der Waals surface area contributed by atoms with Crippen LogP contribution in [0, 0.1) is 0 Å². The van der Waals surface area contributed by atoms with Crippen molar-refractivity contribution in [3.8, 4) is 5.75 Å². The molecule has 0 atom stereocenters. The molecule has 3 aromatic rings. The highest BCUT2D eigenvalue weighted by molar-refractivity contribution is 6.07. The summed E-state index contributed by atoms with van der Waals surface area (Å²) in [4.78, 5) is 36.5. The number of fused-ring (bicyclic) bond motifs is 3. The van der Waals surface area contributed by atoms with Gasteiger partial charge in [-0.25, -0.2) is 9.97 Å². The third-order valence-corrected chi connectivity index (χ3v) is 5.07. The van der Waals surface area contributed by atoms with Crippen LogP contribution in [-0.4, -0.2) is 53.9 Å². The van der Waals surface area contributed by atoms with Crippen LogP contribution in [-0.2, 0) is 11.3 Å². The molecule has 0 saturated heterocycles. The van der Waals surface area contributed by atoms with E-state index in [1.165, 1.54) is 12.4 Å². The van der Waals surface area contributed by atoms with Crippen LogP contribution >= 0.6 is 0 Å². The van der Waals surface area contributed by atoms with E-state index in [2.05, 4.69) is 21.9 Å². The number of carbonyl (C=O) groups is 2. The van der Waals surface area contributed by atoms with Gasteiger partial charge >= 0.3 is 0 Å². The molecule has 158 valence electrons. The molecule has 1 aliphatic heterocycles. The number of nitrogens with one attached hydrogen (secondary N) is 1. The quantitative estimate of drug-likeness (QED) is 0.643. The zero-order valence-corrected chi connectivity index (χ0v) is 17.5. The van der Waals surface area contributed by atoms with Gasteiger partial charge in [0.25, 0.3) is 11.8 Å². The van der Waals surface area contributed by atoms with E-state index in [-0.39, 0.29) is 11.8 Å². The summed E-state index contributed by atoms with van der Waals surface area (Å²) in [5.41, 5.74) is 2.94. The van der Waals surface area contributed by atoms with Gasteiger partial charge in [0.1, 0.15) is 18.8 Å². The predicted molar refractivity (Wildman–Crippen MR) is 119 cm³/mol. The minimum atomic E-state index is -0.183. The van der Waals surface area contributed by atoms with Crippen LogP contribution in [0.2, 0.25) is 0 Å². The molecule has 8 heteroatoms. The fraction of sp³-hybridized carbons (Fsp3) is 0.217. The lowest BCUT2D eigenvalue weighted by Gasteiger charge is -2.29. The average molecular weight is 417 g/mol. The number of anilines is 2. The van der Waals surface area contributed by atoms with E-state index in [9.17, 15) is 9.59 Å². The Balaban J connectivity index is 1.68. The molecule has 0 unspecified atom stereocenters. The van der Waals surface area contributed by atoms with Crippen molar-refractivity contribution in [2.75, 3.05) is 37.5 Å². The van der Waals surface area contributed by atoms with Crippen LogP contribution in [0.5, 0.6) is 5.75 Å². The van der Waals surface area contributed by atoms with Crippen LogP contribution in [0.25, 0.3) is 10.9 Å². The molecule has 2 heterocycles. The van der Waals surface area contributed by atoms with E-state index in [1.807, 2.05) is 30.3 Å². The number of rotatable bonds is 5. The Kier molecular flexibility index (Phi) is 5.53. The summed E-state index contributed by atoms with van der Waals surface area (Å²) in [6.07, 6.45) is 2.78. The summed E-state index contributed by atoms with van der Waals surface area (Å²) >= 11 is 0. The van der Waals surface area contributed by atoms with Gasteiger partial charge in [0.05, 0.1) is 23.1 Å². The largest absolute Gasteiger partial charge is 0.489 e. The van der Waals surface area contributed by atoms with E-state index in [1.54, 1.807) is 30.0 Å². The van der Waals surface area contributed by atoms with Gasteiger partial charge < -0.3 is 19.9 Å². The second-order valence-corrected chi connectivity index (χ2v) is 7.33. The Morgan fingerprint density at radius 3 is 2.87 bits per heavy atom. The molecule has 2 amide bonds. The molecule has 0 spiro atoms. The maximum absolute atomic E-state index is 12.3. The Morgan fingerprint density at radius 1 is 1.26 bits per heavy atom. The molecule has 0 saturated carbocycles. The number of amides is 2. The van der Waals surface area contributed by atoms with Crippen molar-refractivity contribution in [2.24, 2.45) is 0 Å². The summed E-state index contributed by atoms with van der Waals surface area (Å²) in [5, 5.41) is 4.04. The number of ether oxygens (including phenoxy) is 1. The number of aromatic nitrogens is 2. The van der Waals surface area contributed by atoms with E-state index in [4.69, 9.17) is 4.74 Å². The first-order chi connectivity index (χ1) is 15.0. The highest BCUT2D eigenvalue weighted by atomic mass is 16.5. The van der Waals surface area contributed by atoms with Crippen LogP contribution in [0.3, 0.4) is 0 Å². The zero-order valence-electron chi connectivity index (χ0n) is 17.5. The highest BCUT2D eigenvalue weighted by Crippen LogP contribution is 2.40. The lowest BCUT2D eigenvalue weighted by molar-refractivity contribution is -0.114. The number of hydrogen-bond acceptors (Lipinski definition) is 6. The molecular formula is C23H23N5O3. The number of benzene rings is 2. The maximum atomic E-state index is 12.3. The molecular weight excluding hydrogens is 394 g/mol. The molecule has 1 aromatic heterocycles. The Labute approximate surface area is 180 Å². The average Bonchev–Trinajstić information content (AvgIpc) is 2.81. The first kappa shape index (κ1) is 20.3. The number of carbonyl (C=O) groups excluding carboxylic acids is 2. The third kappa shape index (κ3) is 3.92. The molecule has 0 fully saturated rings. The first-order valence-electron chi connectivity index (χ1n) is 9.88.